The van der Waals surface area contributed by atoms with Crippen molar-refractivity contribution in [3.05, 3.63) is 59.8 Å². The standard InChI is InChI=1S/C16H16N4O/c17-16-14(10-19-20-16)9-18-15(21)8-11-5-6-12-3-1-2-4-13(12)7-11/h1-7,10H,8-9H2,(H,18,21)(H3,17,19,20). The molecule has 4 N–H and O–H groups in total. The van der Waals surface area contributed by atoms with E-state index in [0.29, 0.717) is 18.8 Å². The van der Waals surface area contributed by atoms with Crippen LogP contribution in [0.1, 0.15) is 11.1 Å². The fraction of sp³-hybridized carbons (Fsp3) is 0.125. The Morgan fingerprint density at radius 1 is 1.19 bits per heavy atom. The minimum absolute atomic E-state index is 0.0362. The molecule has 0 saturated heterocycles. The van der Waals surface area contributed by atoms with E-state index in [1.165, 1.54) is 5.39 Å². The van der Waals surface area contributed by atoms with Crippen molar-refractivity contribution in [1.82, 2.24) is 15.5 Å². The number of fused-ring (bicyclic) bond motifs is 1. The fourth-order valence-corrected chi connectivity index (χ4v) is 2.25. The highest BCUT2D eigenvalue weighted by atomic mass is 16.1. The quantitative estimate of drug-likeness (QED) is 0.683. The first-order valence-electron chi connectivity index (χ1n) is 6.74. The smallest absolute Gasteiger partial charge is 0.224 e. The van der Waals surface area contributed by atoms with Gasteiger partial charge in [-0.05, 0) is 16.3 Å². The second-order valence-electron chi connectivity index (χ2n) is 4.94. The van der Waals surface area contributed by atoms with Gasteiger partial charge in [0, 0.05) is 12.1 Å². The summed E-state index contributed by atoms with van der Waals surface area (Å²) in [4.78, 5) is 12.0. The highest BCUT2D eigenvalue weighted by Crippen LogP contribution is 2.16. The third-order valence-corrected chi connectivity index (χ3v) is 3.41. The number of rotatable bonds is 4. The van der Waals surface area contributed by atoms with Crippen LogP contribution in [0.15, 0.2) is 48.7 Å². The normalized spacial score (nSPS) is 10.7. The lowest BCUT2D eigenvalue weighted by atomic mass is 10.0. The van der Waals surface area contributed by atoms with Crippen LogP contribution in [0.5, 0.6) is 0 Å². The molecule has 5 heteroatoms. The van der Waals surface area contributed by atoms with Crippen molar-refractivity contribution < 1.29 is 4.79 Å². The number of aromatic nitrogens is 2. The van der Waals surface area contributed by atoms with Crippen LogP contribution >= 0.6 is 0 Å². The van der Waals surface area contributed by atoms with Gasteiger partial charge in [0.15, 0.2) is 0 Å². The minimum atomic E-state index is -0.0362. The van der Waals surface area contributed by atoms with Crippen molar-refractivity contribution >= 4 is 22.5 Å². The molecule has 1 heterocycles. The molecule has 0 saturated carbocycles. The molecule has 0 aliphatic rings. The van der Waals surface area contributed by atoms with Crippen LogP contribution in [0.3, 0.4) is 0 Å². The fourth-order valence-electron chi connectivity index (χ4n) is 2.25. The van der Waals surface area contributed by atoms with Gasteiger partial charge in [0.2, 0.25) is 5.91 Å². The van der Waals surface area contributed by atoms with E-state index < -0.39 is 0 Å². The predicted molar refractivity (Wildman–Crippen MR) is 82.5 cm³/mol. The van der Waals surface area contributed by atoms with E-state index >= 15 is 0 Å². The Morgan fingerprint density at radius 3 is 2.76 bits per heavy atom. The van der Waals surface area contributed by atoms with Crippen molar-refractivity contribution in [2.45, 2.75) is 13.0 Å². The number of nitrogens with two attached hydrogens (primary N) is 1. The molecule has 5 nitrogen and oxygen atoms in total. The lowest BCUT2D eigenvalue weighted by molar-refractivity contribution is -0.120. The van der Waals surface area contributed by atoms with Crippen LogP contribution in [-0.2, 0) is 17.8 Å². The van der Waals surface area contributed by atoms with Crippen LogP contribution in [0.2, 0.25) is 0 Å². The van der Waals surface area contributed by atoms with Gasteiger partial charge >= 0.3 is 0 Å². The monoisotopic (exact) mass is 280 g/mol. The number of carbonyl (C=O) groups excluding carboxylic acids is 1. The molecule has 0 unspecified atom stereocenters. The SMILES string of the molecule is Nc1[nH]ncc1CNC(=O)Cc1ccc2ccccc2c1. The molecule has 21 heavy (non-hydrogen) atoms. The first-order valence-corrected chi connectivity index (χ1v) is 6.74. The van der Waals surface area contributed by atoms with E-state index in [0.717, 1.165) is 16.5 Å². The molecule has 3 rings (SSSR count). The van der Waals surface area contributed by atoms with Crippen LogP contribution in [0.25, 0.3) is 10.8 Å². The number of hydrogen-bond acceptors (Lipinski definition) is 3. The molecule has 0 bridgehead atoms. The molecule has 3 aromatic rings. The van der Waals surface area contributed by atoms with Crippen LogP contribution in [-0.4, -0.2) is 16.1 Å². The second kappa shape index (κ2) is 5.66. The first kappa shape index (κ1) is 13.2. The lowest BCUT2D eigenvalue weighted by Gasteiger charge is -2.06. The molecule has 0 aliphatic heterocycles. The van der Waals surface area contributed by atoms with Gasteiger partial charge in [-0.15, -0.1) is 0 Å². The average Bonchev–Trinajstić information content (AvgIpc) is 2.90. The lowest BCUT2D eigenvalue weighted by Crippen LogP contribution is -2.24. The number of H-pyrrole nitrogens is 1. The second-order valence-corrected chi connectivity index (χ2v) is 4.94. The summed E-state index contributed by atoms with van der Waals surface area (Å²) in [5.74, 6) is 0.451. The number of nitrogens with zero attached hydrogens (tertiary/aromatic N) is 1. The summed E-state index contributed by atoms with van der Waals surface area (Å²) in [6, 6.07) is 14.2. The molecule has 2 aromatic carbocycles. The third kappa shape index (κ3) is 3.02. The highest BCUT2D eigenvalue weighted by molar-refractivity contribution is 5.85. The summed E-state index contributed by atoms with van der Waals surface area (Å²) in [5.41, 5.74) is 7.46. The van der Waals surface area contributed by atoms with Crippen molar-refractivity contribution in [3.63, 3.8) is 0 Å². The van der Waals surface area contributed by atoms with E-state index in [2.05, 4.69) is 21.6 Å². The first-order chi connectivity index (χ1) is 10.2. The maximum Gasteiger partial charge on any atom is 0.224 e. The van der Waals surface area contributed by atoms with Gasteiger partial charge in [-0.1, -0.05) is 42.5 Å². The van der Waals surface area contributed by atoms with E-state index in [-0.39, 0.29) is 5.91 Å². The van der Waals surface area contributed by atoms with Crippen molar-refractivity contribution in [1.29, 1.82) is 0 Å². The predicted octanol–water partition coefficient (Wildman–Crippen LogP) is 2.00. The Bertz CT molecular complexity index is 779. The minimum Gasteiger partial charge on any atom is -0.384 e. The van der Waals surface area contributed by atoms with E-state index in [1.807, 2.05) is 36.4 Å². The topological polar surface area (TPSA) is 83.8 Å². The van der Waals surface area contributed by atoms with Crippen molar-refractivity contribution in [2.75, 3.05) is 5.73 Å². The number of nitrogen functional groups attached to an aromatic ring is 1. The van der Waals surface area contributed by atoms with Gasteiger partial charge in [0.25, 0.3) is 0 Å². The Hall–Kier alpha value is -2.82. The van der Waals surface area contributed by atoms with Gasteiger partial charge in [0.05, 0.1) is 12.6 Å². The molecule has 106 valence electrons. The number of amides is 1. The van der Waals surface area contributed by atoms with Gasteiger partial charge in [-0.3, -0.25) is 9.89 Å². The Kier molecular flexibility index (Phi) is 3.55. The number of anilines is 1. The van der Waals surface area contributed by atoms with E-state index in [1.54, 1.807) is 6.20 Å². The summed E-state index contributed by atoms with van der Waals surface area (Å²) in [6.07, 6.45) is 1.97. The zero-order valence-corrected chi connectivity index (χ0v) is 11.5. The number of carbonyl (C=O) groups is 1. The average molecular weight is 280 g/mol. The summed E-state index contributed by atoms with van der Waals surface area (Å²) in [5, 5.41) is 11.6. The highest BCUT2D eigenvalue weighted by Gasteiger charge is 2.06. The Labute approximate surface area is 122 Å². The summed E-state index contributed by atoms with van der Waals surface area (Å²) >= 11 is 0. The molecule has 0 spiro atoms. The van der Waals surface area contributed by atoms with Gasteiger partial charge in [-0.2, -0.15) is 5.10 Å². The Morgan fingerprint density at radius 2 is 2.00 bits per heavy atom. The Balaban J connectivity index is 1.64. The molecule has 1 aromatic heterocycles. The number of aromatic amines is 1. The summed E-state index contributed by atoms with van der Waals surface area (Å²) < 4.78 is 0. The maximum absolute atomic E-state index is 12.0. The van der Waals surface area contributed by atoms with Gasteiger partial charge in [-0.25, -0.2) is 0 Å². The van der Waals surface area contributed by atoms with E-state index in [9.17, 15) is 4.79 Å². The van der Waals surface area contributed by atoms with E-state index in [4.69, 9.17) is 5.73 Å². The molecular weight excluding hydrogens is 264 g/mol. The molecule has 0 aliphatic carbocycles. The number of hydrogen-bond donors (Lipinski definition) is 3. The van der Waals surface area contributed by atoms with Gasteiger partial charge < -0.3 is 11.1 Å². The molecule has 0 fully saturated rings. The molecular formula is C16H16N4O. The summed E-state index contributed by atoms with van der Waals surface area (Å²) in [6.45, 7) is 0.384. The van der Waals surface area contributed by atoms with Gasteiger partial charge in [0.1, 0.15) is 5.82 Å². The zero-order chi connectivity index (χ0) is 14.7. The molecule has 1 amide bonds. The number of benzene rings is 2. The number of nitrogens with one attached hydrogen (secondary N) is 2. The van der Waals surface area contributed by atoms with Crippen molar-refractivity contribution in [2.24, 2.45) is 0 Å². The largest absolute Gasteiger partial charge is 0.384 e. The maximum atomic E-state index is 12.0. The zero-order valence-electron chi connectivity index (χ0n) is 11.5. The van der Waals surface area contributed by atoms with Crippen molar-refractivity contribution in [3.8, 4) is 0 Å². The molecule has 0 radical (unpaired) electrons. The van der Waals surface area contributed by atoms with Crippen LogP contribution in [0.4, 0.5) is 5.82 Å². The third-order valence-electron chi connectivity index (χ3n) is 3.41. The van der Waals surface area contributed by atoms with Crippen LogP contribution < -0.4 is 11.1 Å². The summed E-state index contributed by atoms with van der Waals surface area (Å²) in [7, 11) is 0. The molecule has 0 atom stereocenters. The van der Waals surface area contributed by atoms with Crippen LogP contribution in [0, 0.1) is 0 Å².